The van der Waals surface area contributed by atoms with Crippen LogP contribution in [-0.2, 0) is 7.05 Å². The number of ether oxygens (including phenoxy) is 3. The maximum atomic E-state index is 13.6. The molecule has 207 valence electrons. The quantitative estimate of drug-likeness (QED) is 0.349. The molecule has 1 spiro atoms. The summed E-state index contributed by atoms with van der Waals surface area (Å²) in [6, 6.07) is 8.84. The zero-order chi connectivity index (χ0) is 27.9. The molecule has 0 aliphatic carbocycles. The number of likely N-dealkylation sites (tertiary alicyclic amines) is 1. The van der Waals surface area contributed by atoms with E-state index >= 15 is 0 Å². The van der Waals surface area contributed by atoms with Crippen LogP contribution in [0.25, 0.3) is 22.5 Å². The van der Waals surface area contributed by atoms with E-state index in [1.165, 1.54) is 0 Å². The van der Waals surface area contributed by atoms with Gasteiger partial charge in [-0.3, -0.25) is 14.3 Å². The Kier molecular flexibility index (Phi) is 8.16. The van der Waals surface area contributed by atoms with Gasteiger partial charge in [-0.2, -0.15) is 10.3 Å². The minimum Gasteiger partial charge on any atom is -0.496 e. The van der Waals surface area contributed by atoms with Crippen LogP contribution in [0, 0.1) is 0 Å². The zero-order valence-electron chi connectivity index (χ0n) is 23.5. The number of rotatable bonds is 6. The molecule has 2 aliphatic rings. The summed E-state index contributed by atoms with van der Waals surface area (Å²) in [6.45, 7) is 3.25. The molecular formula is C28H29N7NaO5. The first kappa shape index (κ1) is 28.8. The first-order chi connectivity index (χ1) is 19.4. The maximum Gasteiger partial charge on any atom is 0.254 e. The molecule has 1 saturated heterocycles. The summed E-state index contributed by atoms with van der Waals surface area (Å²) in [5.41, 5.74) is 2.62. The first-order valence-electron chi connectivity index (χ1n) is 13.1. The Hall–Kier alpha value is -3.74. The van der Waals surface area contributed by atoms with Crippen LogP contribution >= 0.6 is 0 Å². The summed E-state index contributed by atoms with van der Waals surface area (Å²) in [5.74, 6) is 1.93. The molecule has 1 fully saturated rings. The van der Waals surface area contributed by atoms with Crippen LogP contribution in [0.3, 0.4) is 0 Å². The Morgan fingerprint density at radius 3 is 2.59 bits per heavy atom. The normalized spacial score (nSPS) is 15.6. The van der Waals surface area contributed by atoms with Crippen LogP contribution in [0.1, 0.15) is 46.9 Å². The number of amides is 1. The Bertz CT molecular complexity index is 1580. The summed E-state index contributed by atoms with van der Waals surface area (Å²) in [4.78, 5) is 28.6. The number of H-pyrrole nitrogens is 1. The average Bonchev–Trinajstić information content (AvgIpc) is 3.65. The standard InChI is InChI=1S/C28H29N7O5.Na/c1-4-39-24-13-18(12-23(38-3)25(24)19-15-29-34(2)16-19)27(37)35-9-7-28(8-10-35)14-21(36)20-11-17(5-6-22(20)40-28)26-30-32-33-31-26;/h5-6,11-13,15-16H,4,7-10,14H2,1-3H3,(H,30,31,32,33);. The van der Waals surface area contributed by atoms with Crippen molar-refractivity contribution in [1.29, 1.82) is 0 Å². The molecule has 2 aliphatic heterocycles. The number of aromatic nitrogens is 6. The molecule has 0 atom stereocenters. The molecule has 4 heterocycles. The largest absolute Gasteiger partial charge is 0.496 e. The van der Waals surface area contributed by atoms with Gasteiger partial charge in [0.1, 0.15) is 22.8 Å². The minimum atomic E-state index is -0.646. The Balaban J connectivity index is 0.00000337. The van der Waals surface area contributed by atoms with Gasteiger partial charge in [0.15, 0.2) is 5.78 Å². The van der Waals surface area contributed by atoms with Crippen LogP contribution in [-0.4, -0.2) is 109 Å². The van der Waals surface area contributed by atoms with Crippen molar-refractivity contribution in [3.63, 3.8) is 0 Å². The molecule has 2 aromatic heterocycles. The Labute approximate surface area is 258 Å². The third-order valence-electron chi connectivity index (χ3n) is 7.48. The fourth-order valence-electron chi connectivity index (χ4n) is 5.47. The Morgan fingerprint density at radius 1 is 1.15 bits per heavy atom. The number of carbonyl (C=O) groups is 2. The predicted molar refractivity (Wildman–Crippen MR) is 149 cm³/mol. The molecule has 1 amide bonds. The summed E-state index contributed by atoms with van der Waals surface area (Å²) in [5, 5.41) is 18.2. The summed E-state index contributed by atoms with van der Waals surface area (Å²) < 4.78 is 19.7. The summed E-state index contributed by atoms with van der Waals surface area (Å²) >= 11 is 0. The molecule has 4 aromatic rings. The number of piperidine rings is 1. The molecule has 0 saturated carbocycles. The first-order valence-corrected chi connectivity index (χ1v) is 13.1. The molecule has 1 N–H and O–H groups in total. The fraction of sp³-hybridized carbons (Fsp3) is 0.357. The number of aryl methyl sites for hydroxylation is 1. The molecule has 6 rings (SSSR count). The number of aromatic amines is 1. The van der Waals surface area contributed by atoms with E-state index < -0.39 is 5.60 Å². The Morgan fingerprint density at radius 2 is 1.93 bits per heavy atom. The van der Waals surface area contributed by atoms with E-state index in [1.54, 1.807) is 47.2 Å². The van der Waals surface area contributed by atoms with Crippen LogP contribution in [0.4, 0.5) is 0 Å². The number of hydrogen-bond acceptors (Lipinski definition) is 9. The van der Waals surface area contributed by atoms with Gasteiger partial charge in [-0.1, -0.05) is 0 Å². The predicted octanol–water partition coefficient (Wildman–Crippen LogP) is 2.93. The minimum absolute atomic E-state index is 0. The molecule has 2 aromatic carbocycles. The van der Waals surface area contributed by atoms with Gasteiger partial charge in [-0.15, -0.1) is 10.2 Å². The van der Waals surface area contributed by atoms with Gasteiger partial charge >= 0.3 is 0 Å². The number of tetrazole rings is 1. The van der Waals surface area contributed by atoms with Gasteiger partial charge in [0.05, 0.1) is 37.5 Å². The topological polar surface area (TPSA) is 137 Å². The molecule has 1 radical (unpaired) electrons. The van der Waals surface area contributed by atoms with Crippen molar-refractivity contribution in [2.24, 2.45) is 7.05 Å². The maximum absolute atomic E-state index is 13.6. The molecular weight excluding hydrogens is 537 g/mol. The van der Waals surface area contributed by atoms with Crippen molar-refractivity contribution >= 4 is 41.2 Å². The number of nitrogens with zero attached hydrogens (tertiary/aromatic N) is 6. The van der Waals surface area contributed by atoms with Gasteiger partial charge in [0.25, 0.3) is 5.91 Å². The molecule has 0 unspecified atom stereocenters. The number of hydrogen-bond donors (Lipinski definition) is 1. The number of ketones is 1. The SMILES string of the molecule is CCOc1cc(C(=O)N2CCC3(CC2)CC(=O)c2cc(-c4nn[nH]n4)ccc2O3)cc(OC)c1-c1cnn(C)c1.[Na]. The van der Waals surface area contributed by atoms with Gasteiger partial charge < -0.3 is 19.1 Å². The number of nitrogens with one attached hydrogen (secondary N) is 1. The van der Waals surface area contributed by atoms with Crippen LogP contribution < -0.4 is 14.2 Å². The van der Waals surface area contributed by atoms with E-state index in [0.29, 0.717) is 72.3 Å². The van der Waals surface area contributed by atoms with E-state index in [1.807, 2.05) is 26.2 Å². The van der Waals surface area contributed by atoms with Crippen LogP contribution in [0.2, 0.25) is 0 Å². The van der Waals surface area contributed by atoms with Crippen molar-refractivity contribution in [2.75, 3.05) is 26.8 Å². The van der Waals surface area contributed by atoms with Gasteiger partial charge in [0.2, 0.25) is 5.82 Å². The van der Waals surface area contributed by atoms with Crippen molar-refractivity contribution in [3.8, 4) is 39.8 Å². The molecule has 13 heteroatoms. The van der Waals surface area contributed by atoms with Crippen molar-refractivity contribution in [1.82, 2.24) is 35.3 Å². The van der Waals surface area contributed by atoms with Gasteiger partial charge in [-0.25, -0.2) is 0 Å². The second-order valence-electron chi connectivity index (χ2n) is 10.0. The van der Waals surface area contributed by atoms with E-state index in [4.69, 9.17) is 14.2 Å². The van der Waals surface area contributed by atoms with Gasteiger partial charge in [-0.05, 0) is 42.5 Å². The molecule has 0 bridgehead atoms. The van der Waals surface area contributed by atoms with E-state index in [0.717, 1.165) is 11.1 Å². The van der Waals surface area contributed by atoms with Crippen molar-refractivity contribution in [3.05, 3.63) is 53.9 Å². The van der Waals surface area contributed by atoms with Crippen LogP contribution in [0.5, 0.6) is 17.2 Å². The van der Waals surface area contributed by atoms with Crippen molar-refractivity contribution in [2.45, 2.75) is 31.8 Å². The number of benzene rings is 2. The third-order valence-corrected chi connectivity index (χ3v) is 7.48. The van der Waals surface area contributed by atoms with Crippen molar-refractivity contribution < 1.29 is 23.8 Å². The summed E-state index contributed by atoms with van der Waals surface area (Å²) in [6.07, 6.45) is 4.95. The second kappa shape index (κ2) is 11.6. The fourth-order valence-corrected chi connectivity index (χ4v) is 5.47. The zero-order valence-corrected chi connectivity index (χ0v) is 25.5. The van der Waals surface area contributed by atoms with E-state index in [-0.39, 0.29) is 47.7 Å². The second-order valence-corrected chi connectivity index (χ2v) is 10.0. The monoisotopic (exact) mass is 566 g/mol. The van der Waals surface area contributed by atoms with E-state index in [9.17, 15) is 9.59 Å². The smallest absolute Gasteiger partial charge is 0.254 e. The third kappa shape index (κ3) is 5.46. The number of methoxy groups -OCH3 is 1. The number of fused-ring (bicyclic) bond motifs is 1. The summed E-state index contributed by atoms with van der Waals surface area (Å²) in [7, 11) is 3.41. The van der Waals surface area contributed by atoms with Gasteiger partial charge in [0, 0.05) is 85.4 Å². The van der Waals surface area contributed by atoms with Crippen LogP contribution in [0.15, 0.2) is 42.7 Å². The number of Topliss-reactive ketones (excluding diaryl/α,β-unsaturated/α-hetero) is 1. The molecule has 12 nitrogen and oxygen atoms in total. The van der Waals surface area contributed by atoms with E-state index in [2.05, 4.69) is 25.7 Å². The average molecular weight is 567 g/mol. The number of carbonyl (C=O) groups excluding carboxylic acids is 2. The molecule has 41 heavy (non-hydrogen) atoms.